The molecule has 0 amide bonds. The Labute approximate surface area is 70.3 Å². The number of hydrogen-bond acceptors (Lipinski definition) is 4. The first-order valence-electron chi connectivity index (χ1n) is 3.58. The van der Waals surface area contributed by atoms with E-state index in [0.29, 0.717) is 5.76 Å². The molecule has 1 aromatic heterocycles. The van der Waals surface area contributed by atoms with Crippen LogP contribution in [0.25, 0.3) is 0 Å². The van der Waals surface area contributed by atoms with E-state index in [2.05, 4.69) is 4.74 Å². The zero-order valence-corrected chi connectivity index (χ0v) is 7.03. The van der Waals surface area contributed by atoms with E-state index in [-0.39, 0.29) is 11.8 Å². The van der Waals surface area contributed by atoms with Crippen molar-refractivity contribution in [1.82, 2.24) is 0 Å². The van der Waals surface area contributed by atoms with Crippen LogP contribution in [0, 0.1) is 0 Å². The molecule has 1 heterocycles. The number of nitrogens with two attached hydrogens (primary N) is 1. The Bertz CT molecular complexity index is 278. The van der Waals surface area contributed by atoms with Gasteiger partial charge in [0.2, 0.25) is 5.76 Å². The van der Waals surface area contributed by atoms with Gasteiger partial charge < -0.3 is 14.9 Å². The summed E-state index contributed by atoms with van der Waals surface area (Å²) >= 11 is 0. The lowest BCUT2D eigenvalue weighted by Gasteiger charge is -1.98. The molecule has 0 bridgehead atoms. The van der Waals surface area contributed by atoms with Crippen molar-refractivity contribution in [2.75, 3.05) is 7.11 Å². The second kappa shape index (κ2) is 3.40. The molecule has 0 spiro atoms. The second-order valence-electron chi connectivity index (χ2n) is 2.48. The molecule has 4 heteroatoms. The van der Waals surface area contributed by atoms with Crippen molar-refractivity contribution in [2.24, 2.45) is 5.73 Å². The molecule has 0 aliphatic carbocycles. The predicted octanol–water partition coefficient (Wildman–Crippen LogP) is 1.09. The van der Waals surface area contributed by atoms with Crippen LogP contribution in [-0.2, 0) is 4.74 Å². The van der Waals surface area contributed by atoms with E-state index in [9.17, 15) is 4.79 Å². The van der Waals surface area contributed by atoms with Crippen LogP contribution in [0.15, 0.2) is 16.5 Å². The van der Waals surface area contributed by atoms with Gasteiger partial charge in [-0.25, -0.2) is 4.79 Å². The summed E-state index contributed by atoms with van der Waals surface area (Å²) in [5, 5.41) is 0. The first kappa shape index (κ1) is 8.80. The van der Waals surface area contributed by atoms with Crippen LogP contribution in [-0.4, -0.2) is 13.1 Å². The van der Waals surface area contributed by atoms with Gasteiger partial charge in [0.1, 0.15) is 5.76 Å². The molecule has 0 aromatic carbocycles. The lowest BCUT2D eigenvalue weighted by Crippen LogP contribution is -2.03. The lowest BCUT2D eigenvalue weighted by atomic mass is 10.3. The third-order valence-corrected chi connectivity index (χ3v) is 1.46. The van der Waals surface area contributed by atoms with Gasteiger partial charge in [-0.1, -0.05) is 0 Å². The van der Waals surface area contributed by atoms with E-state index in [4.69, 9.17) is 10.2 Å². The minimum absolute atomic E-state index is 0.185. The summed E-state index contributed by atoms with van der Waals surface area (Å²) < 4.78 is 9.55. The van der Waals surface area contributed by atoms with Gasteiger partial charge in [0, 0.05) is 0 Å². The third-order valence-electron chi connectivity index (χ3n) is 1.46. The number of esters is 1. The van der Waals surface area contributed by atoms with Crippen molar-refractivity contribution in [1.29, 1.82) is 0 Å². The Morgan fingerprint density at radius 2 is 2.33 bits per heavy atom. The minimum Gasteiger partial charge on any atom is -0.463 e. The van der Waals surface area contributed by atoms with Crippen molar-refractivity contribution in [3.63, 3.8) is 0 Å². The Balaban J connectivity index is 2.84. The Morgan fingerprint density at radius 1 is 1.67 bits per heavy atom. The van der Waals surface area contributed by atoms with E-state index in [1.165, 1.54) is 7.11 Å². The number of methoxy groups -OCH3 is 1. The van der Waals surface area contributed by atoms with Crippen LogP contribution in [0.2, 0.25) is 0 Å². The highest BCUT2D eigenvalue weighted by Crippen LogP contribution is 2.14. The fourth-order valence-electron chi connectivity index (χ4n) is 0.808. The van der Waals surface area contributed by atoms with E-state index < -0.39 is 5.97 Å². The number of carbonyl (C=O) groups excluding carboxylic acids is 1. The first-order chi connectivity index (χ1) is 5.65. The summed E-state index contributed by atoms with van der Waals surface area (Å²) in [5.41, 5.74) is 5.52. The number of ether oxygens (including phenoxy) is 1. The lowest BCUT2D eigenvalue weighted by molar-refractivity contribution is 0.0562. The largest absolute Gasteiger partial charge is 0.463 e. The van der Waals surface area contributed by atoms with Crippen LogP contribution >= 0.6 is 0 Å². The molecule has 66 valence electrons. The van der Waals surface area contributed by atoms with E-state index in [0.717, 1.165) is 0 Å². The van der Waals surface area contributed by atoms with E-state index in [1.807, 2.05) is 0 Å². The molecule has 1 atom stereocenters. The summed E-state index contributed by atoms with van der Waals surface area (Å²) in [6, 6.07) is 3.00. The van der Waals surface area contributed by atoms with Crippen LogP contribution in [0.4, 0.5) is 0 Å². The highest BCUT2D eigenvalue weighted by molar-refractivity contribution is 5.86. The van der Waals surface area contributed by atoms with Crippen LogP contribution < -0.4 is 5.73 Å². The molecule has 0 unspecified atom stereocenters. The topological polar surface area (TPSA) is 65.5 Å². The fourth-order valence-corrected chi connectivity index (χ4v) is 0.808. The molecule has 1 rings (SSSR count). The highest BCUT2D eigenvalue weighted by Gasteiger charge is 2.12. The van der Waals surface area contributed by atoms with Gasteiger partial charge in [-0.2, -0.15) is 0 Å². The summed E-state index contributed by atoms with van der Waals surface area (Å²) in [4.78, 5) is 10.9. The predicted molar refractivity (Wildman–Crippen MR) is 42.6 cm³/mol. The zero-order valence-electron chi connectivity index (χ0n) is 7.03. The maximum Gasteiger partial charge on any atom is 0.373 e. The van der Waals surface area contributed by atoms with Gasteiger partial charge in [-0.05, 0) is 19.1 Å². The van der Waals surface area contributed by atoms with Crippen LogP contribution in [0.1, 0.15) is 29.3 Å². The van der Waals surface area contributed by atoms with Gasteiger partial charge in [0.25, 0.3) is 0 Å². The quantitative estimate of drug-likeness (QED) is 0.673. The summed E-state index contributed by atoms with van der Waals surface area (Å²) in [5.74, 6) is 0.280. The maximum atomic E-state index is 10.9. The maximum absolute atomic E-state index is 10.9. The monoisotopic (exact) mass is 169 g/mol. The van der Waals surface area contributed by atoms with Gasteiger partial charge in [-0.15, -0.1) is 0 Å². The molecule has 2 N–H and O–H groups in total. The highest BCUT2D eigenvalue weighted by atomic mass is 16.5. The van der Waals surface area contributed by atoms with Crippen molar-refractivity contribution < 1.29 is 13.9 Å². The molecule has 0 fully saturated rings. The number of carbonyl (C=O) groups is 1. The average Bonchev–Trinajstić information content (AvgIpc) is 2.51. The Morgan fingerprint density at radius 3 is 2.75 bits per heavy atom. The average molecular weight is 169 g/mol. The molecule has 1 aromatic rings. The van der Waals surface area contributed by atoms with Crippen molar-refractivity contribution in [2.45, 2.75) is 13.0 Å². The molecule has 0 aliphatic rings. The van der Waals surface area contributed by atoms with Crippen LogP contribution in [0.3, 0.4) is 0 Å². The molecule has 0 radical (unpaired) electrons. The molecule has 0 aliphatic heterocycles. The summed E-state index contributed by atoms with van der Waals surface area (Å²) in [6.07, 6.45) is 0. The fraction of sp³-hybridized carbons (Fsp3) is 0.375. The summed E-state index contributed by atoms with van der Waals surface area (Å²) in [6.45, 7) is 1.78. The molecule has 12 heavy (non-hydrogen) atoms. The molecule has 0 saturated heterocycles. The Hall–Kier alpha value is -1.29. The van der Waals surface area contributed by atoms with E-state index >= 15 is 0 Å². The van der Waals surface area contributed by atoms with Crippen LogP contribution in [0.5, 0.6) is 0 Å². The van der Waals surface area contributed by atoms with Gasteiger partial charge in [0.15, 0.2) is 0 Å². The van der Waals surface area contributed by atoms with Crippen molar-refractivity contribution >= 4 is 5.97 Å². The third kappa shape index (κ3) is 1.65. The number of rotatable bonds is 2. The van der Waals surface area contributed by atoms with Gasteiger partial charge in [-0.3, -0.25) is 0 Å². The second-order valence-corrected chi connectivity index (χ2v) is 2.48. The smallest absolute Gasteiger partial charge is 0.373 e. The number of furan rings is 1. The van der Waals surface area contributed by atoms with Crippen molar-refractivity contribution in [3.05, 3.63) is 23.7 Å². The van der Waals surface area contributed by atoms with Gasteiger partial charge in [0.05, 0.1) is 13.2 Å². The first-order valence-corrected chi connectivity index (χ1v) is 3.58. The SMILES string of the molecule is COC(=O)c1ccc([C@@H](C)N)o1. The molecule has 4 nitrogen and oxygen atoms in total. The standard InChI is InChI=1S/C8H11NO3/c1-5(9)6-3-4-7(12-6)8(10)11-2/h3-5H,9H2,1-2H3/t5-/m1/s1. The van der Waals surface area contributed by atoms with Gasteiger partial charge >= 0.3 is 5.97 Å². The molecular weight excluding hydrogens is 158 g/mol. The summed E-state index contributed by atoms with van der Waals surface area (Å²) in [7, 11) is 1.30. The van der Waals surface area contributed by atoms with Crippen molar-refractivity contribution in [3.8, 4) is 0 Å². The molecular formula is C8H11NO3. The molecule has 0 saturated carbocycles. The Kier molecular flexibility index (Phi) is 2.50. The number of hydrogen-bond donors (Lipinski definition) is 1. The van der Waals surface area contributed by atoms with E-state index in [1.54, 1.807) is 19.1 Å². The normalized spacial score (nSPS) is 12.6. The minimum atomic E-state index is -0.484. The zero-order chi connectivity index (χ0) is 9.14.